The Balaban J connectivity index is 2.17. The Morgan fingerprint density at radius 3 is 2.57 bits per heavy atom. The van der Waals surface area contributed by atoms with Gasteiger partial charge in [0.25, 0.3) is 0 Å². The van der Waals surface area contributed by atoms with Crippen molar-refractivity contribution in [2.24, 2.45) is 0 Å². The molecule has 2 aromatic carbocycles. The number of ether oxygens (including phenoxy) is 2. The molecule has 0 amide bonds. The maximum absolute atomic E-state index is 13.7. The molecule has 5 heteroatoms. The number of halogens is 3. The summed E-state index contributed by atoms with van der Waals surface area (Å²) in [4.78, 5) is 0. The molecule has 2 aromatic rings. The Hall–Kier alpha value is -1.45. The molecule has 0 fully saturated rings. The first-order chi connectivity index (χ1) is 10.1. The molecule has 21 heavy (non-hydrogen) atoms. The van der Waals surface area contributed by atoms with E-state index in [-0.39, 0.29) is 12.4 Å². The zero-order valence-corrected chi connectivity index (χ0v) is 13.0. The van der Waals surface area contributed by atoms with Gasteiger partial charge in [-0.25, -0.2) is 4.39 Å². The molecule has 0 N–H and O–H groups in total. The van der Waals surface area contributed by atoms with Crippen molar-refractivity contribution in [2.45, 2.75) is 19.4 Å². The summed E-state index contributed by atoms with van der Waals surface area (Å²) in [5.74, 6) is 1.18. The maximum atomic E-state index is 13.7. The van der Waals surface area contributed by atoms with Crippen LogP contribution in [0.4, 0.5) is 4.39 Å². The van der Waals surface area contributed by atoms with Crippen LogP contribution in [0.15, 0.2) is 36.4 Å². The van der Waals surface area contributed by atoms with Gasteiger partial charge in [0.05, 0.1) is 6.61 Å². The van der Waals surface area contributed by atoms with Crippen LogP contribution in [0.2, 0.25) is 5.02 Å². The lowest BCUT2D eigenvalue weighted by atomic mass is 10.2. The van der Waals surface area contributed by atoms with Crippen molar-refractivity contribution < 1.29 is 13.9 Å². The Labute approximate surface area is 133 Å². The van der Waals surface area contributed by atoms with Crippen LogP contribution in [0.5, 0.6) is 11.5 Å². The standard InChI is InChI=1S/C16H15Cl2FO2/c1-2-20-16-7-11(9-17)3-6-15(16)21-10-12-8-13(18)4-5-14(12)19/h3-8H,2,9-10H2,1H3. The van der Waals surface area contributed by atoms with Crippen LogP contribution in [-0.2, 0) is 12.5 Å². The maximum Gasteiger partial charge on any atom is 0.161 e. The molecule has 0 heterocycles. The average molecular weight is 329 g/mol. The first-order valence-corrected chi connectivity index (χ1v) is 7.43. The highest BCUT2D eigenvalue weighted by atomic mass is 35.5. The molecule has 0 radical (unpaired) electrons. The van der Waals surface area contributed by atoms with Crippen LogP contribution in [0.1, 0.15) is 18.1 Å². The van der Waals surface area contributed by atoms with E-state index in [1.54, 1.807) is 12.1 Å². The predicted octanol–water partition coefficient (Wildman–Crippen LogP) is 5.20. The monoisotopic (exact) mass is 328 g/mol. The fourth-order valence-corrected chi connectivity index (χ4v) is 2.19. The van der Waals surface area contributed by atoms with Gasteiger partial charge < -0.3 is 9.47 Å². The fraction of sp³-hybridized carbons (Fsp3) is 0.250. The fourth-order valence-electron chi connectivity index (χ4n) is 1.83. The van der Waals surface area contributed by atoms with Gasteiger partial charge >= 0.3 is 0 Å². The minimum absolute atomic E-state index is 0.0761. The van der Waals surface area contributed by atoms with Gasteiger partial charge in [-0.3, -0.25) is 0 Å². The van der Waals surface area contributed by atoms with Crippen LogP contribution in [0, 0.1) is 5.82 Å². The van der Waals surface area contributed by atoms with Crippen LogP contribution >= 0.6 is 23.2 Å². The first kappa shape index (κ1) is 15.9. The second kappa shape index (κ2) is 7.53. The zero-order valence-electron chi connectivity index (χ0n) is 11.5. The number of benzene rings is 2. The van der Waals surface area contributed by atoms with E-state index in [9.17, 15) is 4.39 Å². The van der Waals surface area contributed by atoms with E-state index in [1.807, 2.05) is 19.1 Å². The molecule has 0 bridgehead atoms. The second-order valence-corrected chi connectivity index (χ2v) is 5.08. The summed E-state index contributed by atoms with van der Waals surface area (Å²) in [6, 6.07) is 9.80. The molecule has 0 aliphatic heterocycles. The van der Waals surface area contributed by atoms with E-state index in [2.05, 4.69) is 0 Å². The predicted molar refractivity (Wildman–Crippen MR) is 82.9 cm³/mol. The van der Waals surface area contributed by atoms with E-state index in [1.165, 1.54) is 12.1 Å². The van der Waals surface area contributed by atoms with E-state index < -0.39 is 0 Å². The Morgan fingerprint density at radius 2 is 1.86 bits per heavy atom. The van der Waals surface area contributed by atoms with Gasteiger partial charge in [0.15, 0.2) is 11.5 Å². The van der Waals surface area contributed by atoms with Crippen molar-refractivity contribution in [1.82, 2.24) is 0 Å². The first-order valence-electron chi connectivity index (χ1n) is 6.52. The van der Waals surface area contributed by atoms with Crippen LogP contribution < -0.4 is 9.47 Å². The molecule has 2 nitrogen and oxygen atoms in total. The van der Waals surface area contributed by atoms with E-state index in [0.29, 0.717) is 34.6 Å². The van der Waals surface area contributed by atoms with Crippen molar-refractivity contribution in [1.29, 1.82) is 0 Å². The largest absolute Gasteiger partial charge is 0.490 e. The molecule has 112 valence electrons. The topological polar surface area (TPSA) is 18.5 Å². The third kappa shape index (κ3) is 4.26. The summed E-state index contributed by atoms with van der Waals surface area (Å²) >= 11 is 11.7. The summed E-state index contributed by atoms with van der Waals surface area (Å²) in [6.07, 6.45) is 0. The molecular formula is C16H15Cl2FO2. The molecule has 0 atom stereocenters. The highest BCUT2D eigenvalue weighted by Crippen LogP contribution is 2.30. The highest BCUT2D eigenvalue weighted by molar-refractivity contribution is 6.30. The Bertz CT molecular complexity index is 617. The second-order valence-electron chi connectivity index (χ2n) is 4.37. The van der Waals surface area contributed by atoms with E-state index >= 15 is 0 Å². The van der Waals surface area contributed by atoms with Crippen molar-refractivity contribution in [3.05, 3.63) is 58.4 Å². The van der Waals surface area contributed by atoms with Gasteiger partial charge in [0.1, 0.15) is 12.4 Å². The van der Waals surface area contributed by atoms with Gasteiger partial charge in [0, 0.05) is 16.5 Å². The normalized spacial score (nSPS) is 10.5. The van der Waals surface area contributed by atoms with Gasteiger partial charge in [-0.05, 0) is 42.8 Å². The van der Waals surface area contributed by atoms with Crippen LogP contribution in [-0.4, -0.2) is 6.61 Å². The molecule has 2 rings (SSSR count). The lowest BCUT2D eigenvalue weighted by Crippen LogP contribution is -2.02. The smallest absolute Gasteiger partial charge is 0.161 e. The SMILES string of the molecule is CCOc1cc(CCl)ccc1OCc1cc(Cl)ccc1F. The van der Waals surface area contributed by atoms with Crippen LogP contribution in [0.3, 0.4) is 0 Å². The number of hydrogen-bond donors (Lipinski definition) is 0. The van der Waals surface area contributed by atoms with Crippen molar-refractivity contribution in [3.63, 3.8) is 0 Å². The third-order valence-corrected chi connectivity index (χ3v) is 3.40. The quantitative estimate of drug-likeness (QED) is 0.679. The summed E-state index contributed by atoms with van der Waals surface area (Å²) in [5.41, 5.74) is 1.33. The lowest BCUT2D eigenvalue weighted by molar-refractivity contribution is 0.265. The Kier molecular flexibility index (Phi) is 5.71. The van der Waals surface area contributed by atoms with Crippen LogP contribution in [0.25, 0.3) is 0 Å². The van der Waals surface area contributed by atoms with Crippen molar-refractivity contribution in [2.75, 3.05) is 6.61 Å². The van der Waals surface area contributed by atoms with E-state index in [4.69, 9.17) is 32.7 Å². The molecule has 0 aromatic heterocycles. The third-order valence-electron chi connectivity index (χ3n) is 2.85. The van der Waals surface area contributed by atoms with Gasteiger partial charge in [0.2, 0.25) is 0 Å². The average Bonchev–Trinajstić information content (AvgIpc) is 2.49. The molecule has 0 saturated heterocycles. The van der Waals surface area contributed by atoms with Gasteiger partial charge in [-0.15, -0.1) is 11.6 Å². The van der Waals surface area contributed by atoms with E-state index in [0.717, 1.165) is 5.56 Å². The van der Waals surface area contributed by atoms with Gasteiger partial charge in [-0.1, -0.05) is 17.7 Å². The summed E-state index contributed by atoms with van der Waals surface area (Å²) in [7, 11) is 0. The minimum atomic E-state index is -0.352. The molecule has 0 spiro atoms. The summed E-state index contributed by atoms with van der Waals surface area (Å²) < 4.78 is 24.8. The van der Waals surface area contributed by atoms with Gasteiger partial charge in [-0.2, -0.15) is 0 Å². The number of alkyl halides is 1. The highest BCUT2D eigenvalue weighted by Gasteiger charge is 2.09. The number of rotatable bonds is 6. The minimum Gasteiger partial charge on any atom is -0.490 e. The molecule has 0 unspecified atom stereocenters. The summed E-state index contributed by atoms with van der Waals surface area (Å²) in [5, 5.41) is 0.470. The van der Waals surface area contributed by atoms with Crippen molar-refractivity contribution in [3.8, 4) is 11.5 Å². The molecule has 0 saturated carbocycles. The molecule has 0 aliphatic rings. The zero-order chi connectivity index (χ0) is 15.2. The van der Waals surface area contributed by atoms with Crippen molar-refractivity contribution >= 4 is 23.2 Å². The Morgan fingerprint density at radius 1 is 1.05 bits per heavy atom. The molecule has 0 aliphatic carbocycles. The molecular weight excluding hydrogens is 314 g/mol. The lowest BCUT2D eigenvalue weighted by Gasteiger charge is -2.13. The summed E-state index contributed by atoms with van der Waals surface area (Å²) in [6.45, 7) is 2.47. The number of hydrogen-bond acceptors (Lipinski definition) is 2.